The number of rotatable bonds is 2. The summed E-state index contributed by atoms with van der Waals surface area (Å²) < 4.78 is 17.7. The van der Waals surface area contributed by atoms with Gasteiger partial charge in [-0.25, -0.2) is 9.78 Å². The average molecular weight is 320 g/mol. The summed E-state index contributed by atoms with van der Waals surface area (Å²) in [7, 11) is -0.433. The molecule has 0 atom stereocenters. The lowest BCUT2D eigenvalue weighted by Gasteiger charge is -2.32. The number of aromatic nitrogens is 1. The van der Waals surface area contributed by atoms with Crippen LogP contribution < -0.4 is 15.9 Å². The first kappa shape index (κ1) is 15.3. The zero-order valence-corrected chi connectivity index (χ0v) is 13.7. The number of benzene rings is 1. The molecule has 1 saturated heterocycles. The molecule has 0 saturated carbocycles. The molecular formula is C14H17BN2O4S. The van der Waals surface area contributed by atoms with E-state index >= 15 is 0 Å². The van der Waals surface area contributed by atoms with Gasteiger partial charge in [0.1, 0.15) is 0 Å². The summed E-state index contributed by atoms with van der Waals surface area (Å²) in [6, 6.07) is 5.68. The minimum Gasteiger partial charge on any atom is -0.399 e. The SMILES string of the molecule is CC1(C)OB(c2ccc3nc(OC(N)=O)sc3c2)OC1(C)C. The van der Waals surface area contributed by atoms with Gasteiger partial charge in [-0.15, -0.1) is 0 Å². The van der Waals surface area contributed by atoms with Gasteiger partial charge in [0, 0.05) is 0 Å². The Kier molecular flexibility index (Phi) is 3.43. The molecule has 1 aromatic carbocycles. The average Bonchev–Trinajstić information content (AvgIpc) is 2.85. The largest absolute Gasteiger partial charge is 0.494 e. The van der Waals surface area contributed by atoms with Crippen LogP contribution in [0.25, 0.3) is 10.2 Å². The number of carbonyl (C=O) groups excluding carboxylic acids is 1. The van der Waals surface area contributed by atoms with E-state index in [-0.39, 0.29) is 16.4 Å². The molecule has 0 bridgehead atoms. The third kappa shape index (κ3) is 2.58. The Bertz CT molecular complexity index is 728. The fourth-order valence-electron chi connectivity index (χ4n) is 2.18. The number of nitrogens with two attached hydrogens (primary N) is 1. The molecule has 1 aliphatic rings. The van der Waals surface area contributed by atoms with E-state index in [1.165, 1.54) is 11.3 Å². The normalized spacial score (nSPS) is 19.5. The van der Waals surface area contributed by atoms with E-state index in [0.29, 0.717) is 0 Å². The van der Waals surface area contributed by atoms with Crippen molar-refractivity contribution in [2.24, 2.45) is 5.73 Å². The lowest BCUT2D eigenvalue weighted by atomic mass is 9.79. The molecule has 2 heterocycles. The molecule has 1 aromatic heterocycles. The van der Waals surface area contributed by atoms with Crippen LogP contribution in [0.5, 0.6) is 5.19 Å². The minimum atomic E-state index is -0.870. The van der Waals surface area contributed by atoms with Gasteiger partial charge >= 0.3 is 13.2 Å². The van der Waals surface area contributed by atoms with Crippen LogP contribution in [-0.2, 0) is 9.31 Å². The van der Waals surface area contributed by atoms with Crippen molar-refractivity contribution in [1.29, 1.82) is 0 Å². The van der Waals surface area contributed by atoms with E-state index in [1.807, 2.05) is 45.9 Å². The highest BCUT2D eigenvalue weighted by molar-refractivity contribution is 7.20. The summed E-state index contributed by atoms with van der Waals surface area (Å²) in [6.45, 7) is 8.04. The van der Waals surface area contributed by atoms with Gasteiger partial charge < -0.3 is 19.8 Å². The van der Waals surface area contributed by atoms with Crippen molar-refractivity contribution in [3.05, 3.63) is 18.2 Å². The van der Waals surface area contributed by atoms with Crippen LogP contribution in [0.4, 0.5) is 4.79 Å². The number of hydrogen-bond donors (Lipinski definition) is 1. The smallest absolute Gasteiger partial charge is 0.399 e. The van der Waals surface area contributed by atoms with Gasteiger partial charge in [-0.05, 0) is 45.3 Å². The van der Waals surface area contributed by atoms with Crippen LogP contribution in [0.2, 0.25) is 0 Å². The summed E-state index contributed by atoms with van der Waals surface area (Å²) in [5.41, 5.74) is 5.86. The standard InChI is InChI=1S/C14H17BN2O4S/c1-13(2)14(3,4)21-15(20-13)8-5-6-9-10(7-8)22-12(17-9)19-11(16)18/h5-7H,1-4H3,(H2,16,18). The topological polar surface area (TPSA) is 83.7 Å². The lowest BCUT2D eigenvalue weighted by molar-refractivity contribution is 0.00578. The molecule has 1 aliphatic heterocycles. The first-order valence-corrected chi connectivity index (χ1v) is 7.73. The van der Waals surface area contributed by atoms with Crippen LogP contribution in [0.15, 0.2) is 18.2 Å². The number of fused-ring (bicyclic) bond motifs is 1. The molecule has 116 valence electrons. The maximum absolute atomic E-state index is 10.8. The zero-order valence-electron chi connectivity index (χ0n) is 12.9. The quantitative estimate of drug-likeness (QED) is 0.856. The Balaban J connectivity index is 1.91. The van der Waals surface area contributed by atoms with Gasteiger partial charge in [0.25, 0.3) is 5.19 Å². The van der Waals surface area contributed by atoms with E-state index in [4.69, 9.17) is 19.8 Å². The Morgan fingerprint density at radius 3 is 2.50 bits per heavy atom. The predicted octanol–water partition coefficient (Wildman–Crippen LogP) is 2.05. The van der Waals surface area contributed by atoms with E-state index in [2.05, 4.69) is 4.98 Å². The Morgan fingerprint density at radius 1 is 1.27 bits per heavy atom. The zero-order chi connectivity index (χ0) is 16.1. The third-order valence-electron chi connectivity index (χ3n) is 4.11. The number of carbonyl (C=O) groups is 1. The number of primary amides is 1. The van der Waals surface area contributed by atoms with Crippen molar-refractivity contribution in [2.45, 2.75) is 38.9 Å². The number of hydrogen-bond acceptors (Lipinski definition) is 6. The first-order chi connectivity index (χ1) is 10.2. The molecule has 2 aromatic rings. The number of thiazole rings is 1. The fourth-order valence-corrected chi connectivity index (χ4v) is 3.04. The van der Waals surface area contributed by atoms with E-state index < -0.39 is 13.2 Å². The molecule has 2 N–H and O–H groups in total. The maximum Gasteiger partial charge on any atom is 0.494 e. The van der Waals surface area contributed by atoms with E-state index in [0.717, 1.165) is 15.7 Å². The number of ether oxygens (including phenoxy) is 1. The summed E-state index contributed by atoms with van der Waals surface area (Å²) in [6.07, 6.45) is -0.870. The molecule has 1 fully saturated rings. The highest BCUT2D eigenvalue weighted by atomic mass is 32.1. The van der Waals surface area contributed by atoms with Crippen molar-refractivity contribution in [1.82, 2.24) is 4.98 Å². The Morgan fingerprint density at radius 2 is 1.91 bits per heavy atom. The van der Waals surface area contributed by atoms with E-state index in [9.17, 15) is 4.79 Å². The summed E-state index contributed by atoms with van der Waals surface area (Å²) in [5.74, 6) is 0. The van der Waals surface area contributed by atoms with Crippen molar-refractivity contribution >= 4 is 40.2 Å². The fraction of sp³-hybridized carbons (Fsp3) is 0.429. The Hall–Kier alpha value is -1.64. The second-order valence-electron chi connectivity index (χ2n) is 6.22. The highest BCUT2D eigenvalue weighted by Crippen LogP contribution is 2.37. The van der Waals surface area contributed by atoms with Gasteiger partial charge in [-0.2, -0.15) is 0 Å². The summed E-state index contributed by atoms with van der Waals surface area (Å²) in [4.78, 5) is 15.0. The van der Waals surface area contributed by atoms with Gasteiger partial charge in [-0.3, -0.25) is 0 Å². The molecule has 6 nitrogen and oxygen atoms in total. The van der Waals surface area contributed by atoms with Crippen LogP contribution in [0.3, 0.4) is 0 Å². The van der Waals surface area contributed by atoms with Crippen molar-refractivity contribution in [3.8, 4) is 5.19 Å². The maximum atomic E-state index is 10.8. The highest BCUT2D eigenvalue weighted by Gasteiger charge is 2.51. The van der Waals surface area contributed by atoms with Crippen molar-refractivity contribution < 1.29 is 18.8 Å². The third-order valence-corrected chi connectivity index (χ3v) is 5.00. The number of nitrogens with zero attached hydrogens (tertiary/aromatic N) is 1. The van der Waals surface area contributed by atoms with E-state index in [1.54, 1.807) is 0 Å². The molecule has 0 radical (unpaired) electrons. The van der Waals surface area contributed by atoms with Gasteiger partial charge in [-0.1, -0.05) is 17.4 Å². The van der Waals surface area contributed by atoms with Crippen molar-refractivity contribution in [3.63, 3.8) is 0 Å². The number of amides is 1. The van der Waals surface area contributed by atoms with Gasteiger partial charge in [0.2, 0.25) is 0 Å². The molecule has 22 heavy (non-hydrogen) atoms. The van der Waals surface area contributed by atoms with Crippen molar-refractivity contribution in [2.75, 3.05) is 0 Å². The summed E-state index contributed by atoms with van der Waals surface area (Å²) in [5, 5.41) is 0.230. The molecule has 8 heteroatoms. The predicted molar refractivity (Wildman–Crippen MR) is 85.5 cm³/mol. The molecule has 1 amide bonds. The van der Waals surface area contributed by atoms with Gasteiger partial charge in [0.15, 0.2) is 0 Å². The monoisotopic (exact) mass is 320 g/mol. The van der Waals surface area contributed by atoms with Crippen LogP contribution in [0.1, 0.15) is 27.7 Å². The molecule has 0 aliphatic carbocycles. The lowest BCUT2D eigenvalue weighted by Crippen LogP contribution is -2.41. The molecular weight excluding hydrogens is 303 g/mol. The Labute approximate surface area is 132 Å². The second kappa shape index (κ2) is 4.94. The van der Waals surface area contributed by atoms with Crippen LogP contribution in [-0.4, -0.2) is 29.4 Å². The summed E-state index contributed by atoms with van der Waals surface area (Å²) >= 11 is 1.25. The molecule has 0 spiro atoms. The first-order valence-electron chi connectivity index (χ1n) is 6.91. The molecule has 0 unspecified atom stereocenters. The van der Waals surface area contributed by atoms with Crippen LogP contribution in [0, 0.1) is 0 Å². The minimum absolute atomic E-state index is 0.230. The molecule has 3 rings (SSSR count). The second-order valence-corrected chi connectivity index (χ2v) is 7.21. The van der Waals surface area contributed by atoms with Crippen LogP contribution >= 0.6 is 11.3 Å². The van der Waals surface area contributed by atoms with Gasteiger partial charge in [0.05, 0.1) is 21.4 Å².